The molecule has 1 saturated heterocycles. The Morgan fingerprint density at radius 2 is 2.18 bits per heavy atom. The van der Waals surface area contributed by atoms with E-state index in [2.05, 4.69) is 10.6 Å². The molecule has 0 bridgehead atoms. The van der Waals surface area contributed by atoms with Gasteiger partial charge in [0, 0.05) is 12.5 Å². The van der Waals surface area contributed by atoms with Crippen LogP contribution in [0.25, 0.3) is 0 Å². The molecule has 17 heavy (non-hydrogen) atoms. The summed E-state index contributed by atoms with van der Waals surface area (Å²) in [6.45, 7) is 2.20. The Labute approximate surface area is 100 Å². The predicted molar refractivity (Wildman–Crippen MR) is 63.8 cm³/mol. The average Bonchev–Trinajstić information content (AvgIpc) is 2.37. The Bertz CT molecular complexity index is 389. The second-order valence-electron chi connectivity index (χ2n) is 4.37. The van der Waals surface area contributed by atoms with Crippen molar-refractivity contribution < 1.29 is 9.18 Å². The molecule has 1 aliphatic heterocycles. The van der Waals surface area contributed by atoms with Gasteiger partial charge in [-0.05, 0) is 43.6 Å². The molecule has 0 spiro atoms. The van der Waals surface area contributed by atoms with Gasteiger partial charge in [-0.1, -0.05) is 12.1 Å². The fourth-order valence-corrected chi connectivity index (χ4v) is 2.06. The molecule has 0 saturated carbocycles. The van der Waals surface area contributed by atoms with E-state index in [1.165, 1.54) is 12.1 Å². The first-order valence-corrected chi connectivity index (χ1v) is 5.98. The molecule has 2 N–H and O–H groups in total. The van der Waals surface area contributed by atoms with Gasteiger partial charge in [0.1, 0.15) is 5.82 Å². The minimum atomic E-state index is -0.265. The Morgan fingerprint density at radius 1 is 1.41 bits per heavy atom. The highest BCUT2D eigenvalue weighted by molar-refractivity contribution is 5.78. The van der Waals surface area contributed by atoms with Crippen molar-refractivity contribution in [2.75, 3.05) is 13.1 Å². The zero-order valence-corrected chi connectivity index (χ0v) is 9.71. The van der Waals surface area contributed by atoms with E-state index >= 15 is 0 Å². The van der Waals surface area contributed by atoms with Crippen LogP contribution in [0.15, 0.2) is 24.3 Å². The van der Waals surface area contributed by atoms with Crippen LogP contribution in [0.2, 0.25) is 0 Å². The summed E-state index contributed by atoms with van der Waals surface area (Å²) in [6, 6.07) is 6.31. The maximum absolute atomic E-state index is 12.9. The number of nitrogens with one attached hydrogen (secondary N) is 2. The molecule has 1 aliphatic rings. The fraction of sp³-hybridized carbons (Fsp3) is 0.462. The largest absolute Gasteiger partial charge is 0.352 e. The minimum Gasteiger partial charge on any atom is -0.352 e. The summed E-state index contributed by atoms with van der Waals surface area (Å²) in [4.78, 5) is 11.8. The molecule has 1 heterocycles. The van der Waals surface area contributed by atoms with Gasteiger partial charge in [-0.25, -0.2) is 4.39 Å². The topological polar surface area (TPSA) is 41.1 Å². The van der Waals surface area contributed by atoms with Gasteiger partial charge < -0.3 is 10.6 Å². The molecular formula is C13H17FN2O. The molecule has 2 rings (SSSR count). The highest BCUT2D eigenvalue weighted by atomic mass is 19.1. The maximum Gasteiger partial charge on any atom is 0.223 e. The summed E-state index contributed by atoms with van der Waals surface area (Å²) in [5.41, 5.74) is 0.798. The summed E-state index contributed by atoms with van der Waals surface area (Å²) in [5, 5.41) is 6.08. The maximum atomic E-state index is 12.9. The molecular weight excluding hydrogens is 219 g/mol. The van der Waals surface area contributed by atoms with Crippen LogP contribution < -0.4 is 10.6 Å². The van der Waals surface area contributed by atoms with Gasteiger partial charge in [-0.15, -0.1) is 0 Å². The van der Waals surface area contributed by atoms with Gasteiger partial charge in [0.25, 0.3) is 0 Å². The van der Waals surface area contributed by atoms with Gasteiger partial charge in [0.2, 0.25) is 5.91 Å². The first-order valence-electron chi connectivity index (χ1n) is 5.98. The molecule has 1 aromatic carbocycles. The molecule has 1 aromatic rings. The Kier molecular flexibility index (Phi) is 4.09. The lowest BCUT2D eigenvalue weighted by molar-refractivity contribution is -0.125. The van der Waals surface area contributed by atoms with E-state index in [4.69, 9.17) is 0 Å². The molecule has 0 aromatic heterocycles. The molecule has 0 radical (unpaired) electrons. The van der Waals surface area contributed by atoms with Crippen molar-refractivity contribution >= 4 is 5.91 Å². The molecule has 0 unspecified atom stereocenters. The van der Waals surface area contributed by atoms with E-state index in [-0.39, 0.29) is 17.6 Å². The summed E-state index contributed by atoms with van der Waals surface area (Å²) < 4.78 is 12.9. The van der Waals surface area contributed by atoms with Crippen LogP contribution >= 0.6 is 0 Å². The minimum absolute atomic E-state index is 0.0794. The quantitative estimate of drug-likeness (QED) is 0.834. The van der Waals surface area contributed by atoms with Crippen LogP contribution in [0.5, 0.6) is 0 Å². The smallest absolute Gasteiger partial charge is 0.223 e. The number of amides is 1. The van der Waals surface area contributed by atoms with E-state index in [0.717, 1.165) is 31.5 Å². The van der Waals surface area contributed by atoms with Crippen LogP contribution in [0, 0.1) is 11.7 Å². The lowest BCUT2D eigenvalue weighted by atomic mass is 9.97. The molecule has 0 atom stereocenters. The highest BCUT2D eigenvalue weighted by Gasteiger charge is 2.20. The monoisotopic (exact) mass is 236 g/mol. The van der Waals surface area contributed by atoms with Gasteiger partial charge in [0.05, 0.1) is 0 Å². The zero-order valence-electron chi connectivity index (χ0n) is 9.71. The van der Waals surface area contributed by atoms with Crippen molar-refractivity contribution in [2.24, 2.45) is 5.92 Å². The SMILES string of the molecule is O=C(NCc1cccc(F)c1)C1CCNCC1. The molecule has 92 valence electrons. The van der Waals surface area contributed by atoms with Crippen molar-refractivity contribution in [3.05, 3.63) is 35.6 Å². The van der Waals surface area contributed by atoms with Crippen LogP contribution in [0.4, 0.5) is 4.39 Å². The van der Waals surface area contributed by atoms with Crippen molar-refractivity contribution in [1.82, 2.24) is 10.6 Å². The average molecular weight is 236 g/mol. The Hall–Kier alpha value is -1.42. The van der Waals surface area contributed by atoms with E-state index < -0.39 is 0 Å². The number of halogens is 1. The number of rotatable bonds is 3. The second-order valence-corrected chi connectivity index (χ2v) is 4.37. The van der Waals surface area contributed by atoms with E-state index in [1.807, 2.05) is 6.07 Å². The zero-order chi connectivity index (χ0) is 12.1. The summed E-state index contributed by atoms with van der Waals surface area (Å²) >= 11 is 0. The molecule has 1 amide bonds. The summed E-state index contributed by atoms with van der Waals surface area (Å²) in [7, 11) is 0. The van der Waals surface area contributed by atoms with Crippen molar-refractivity contribution in [1.29, 1.82) is 0 Å². The third kappa shape index (κ3) is 3.53. The van der Waals surface area contributed by atoms with Crippen molar-refractivity contribution in [3.63, 3.8) is 0 Å². The highest BCUT2D eigenvalue weighted by Crippen LogP contribution is 2.12. The third-order valence-corrected chi connectivity index (χ3v) is 3.07. The number of hydrogen-bond donors (Lipinski definition) is 2. The summed E-state index contributed by atoms with van der Waals surface area (Å²) in [5.74, 6) is -0.0841. The molecule has 4 heteroatoms. The number of carbonyl (C=O) groups is 1. The molecule has 1 fully saturated rings. The molecule has 0 aliphatic carbocycles. The first-order chi connectivity index (χ1) is 8.25. The second kappa shape index (κ2) is 5.77. The Morgan fingerprint density at radius 3 is 2.88 bits per heavy atom. The number of benzene rings is 1. The van der Waals surface area contributed by atoms with E-state index in [0.29, 0.717) is 6.54 Å². The predicted octanol–water partition coefficient (Wildman–Crippen LogP) is 1.44. The molecule has 3 nitrogen and oxygen atoms in total. The lowest BCUT2D eigenvalue weighted by Gasteiger charge is -2.21. The van der Waals surface area contributed by atoms with Gasteiger partial charge >= 0.3 is 0 Å². The third-order valence-electron chi connectivity index (χ3n) is 3.07. The van der Waals surface area contributed by atoms with E-state index in [9.17, 15) is 9.18 Å². The van der Waals surface area contributed by atoms with Crippen LogP contribution in [0.1, 0.15) is 18.4 Å². The summed E-state index contributed by atoms with van der Waals surface area (Å²) in [6.07, 6.45) is 1.77. The van der Waals surface area contributed by atoms with Gasteiger partial charge in [0.15, 0.2) is 0 Å². The first kappa shape index (κ1) is 12.0. The van der Waals surface area contributed by atoms with Crippen LogP contribution in [-0.4, -0.2) is 19.0 Å². The van der Waals surface area contributed by atoms with Gasteiger partial charge in [-0.3, -0.25) is 4.79 Å². The van der Waals surface area contributed by atoms with Crippen molar-refractivity contribution in [3.8, 4) is 0 Å². The fourth-order valence-electron chi connectivity index (χ4n) is 2.06. The van der Waals surface area contributed by atoms with Crippen molar-refractivity contribution in [2.45, 2.75) is 19.4 Å². The number of piperidine rings is 1. The number of carbonyl (C=O) groups excluding carboxylic acids is 1. The normalized spacial score (nSPS) is 16.8. The lowest BCUT2D eigenvalue weighted by Crippen LogP contribution is -2.37. The van der Waals surface area contributed by atoms with Crippen LogP contribution in [0.3, 0.4) is 0 Å². The van der Waals surface area contributed by atoms with E-state index in [1.54, 1.807) is 6.07 Å². The number of hydrogen-bond acceptors (Lipinski definition) is 2. The Balaban J connectivity index is 1.83. The standard InChI is InChI=1S/C13H17FN2O/c14-12-3-1-2-10(8-12)9-16-13(17)11-4-6-15-7-5-11/h1-3,8,11,15H,4-7,9H2,(H,16,17). The van der Waals surface area contributed by atoms with Gasteiger partial charge in [-0.2, -0.15) is 0 Å². The van der Waals surface area contributed by atoms with Crippen LogP contribution in [-0.2, 0) is 11.3 Å².